The molecule has 4 rings (SSSR count). The lowest BCUT2D eigenvalue weighted by atomic mass is 9.91. The van der Waals surface area contributed by atoms with E-state index < -0.39 is 10.0 Å². The summed E-state index contributed by atoms with van der Waals surface area (Å²) in [6, 6.07) is 23.9. The van der Waals surface area contributed by atoms with Crippen LogP contribution in [0.2, 0.25) is 0 Å². The maximum Gasteiger partial charge on any atom is 0.240 e. The lowest BCUT2D eigenvalue weighted by molar-refractivity contribution is 0.101. The quantitative estimate of drug-likeness (QED) is 0.434. The largest absolute Gasteiger partial charge is 0.361 e. The van der Waals surface area contributed by atoms with Crippen molar-refractivity contribution in [2.75, 3.05) is 6.54 Å². The number of nitrogens with one attached hydrogen (secondary N) is 2. The third-order valence-corrected chi connectivity index (χ3v) is 6.65. The topological polar surface area (TPSA) is 79.0 Å². The SMILES string of the molecule is CC(=O)c1cccc(S(=O)(=O)NC[C@H](c2ccccc2)c2c[nH]c3ccccc23)c1. The molecular weight excluding hydrogens is 396 g/mol. The lowest BCUT2D eigenvalue weighted by Gasteiger charge is -2.18. The van der Waals surface area contributed by atoms with Crippen molar-refractivity contribution < 1.29 is 13.2 Å². The molecule has 0 unspecified atom stereocenters. The number of aromatic nitrogens is 1. The van der Waals surface area contributed by atoms with Gasteiger partial charge in [-0.3, -0.25) is 4.79 Å². The summed E-state index contributed by atoms with van der Waals surface area (Å²) in [5, 5.41) is 1.06. The van der Waals surface area contributed by atoms with E-state index in [2.05, 4.69) is 9.71 Å². The molecule has 1 atom stereocenters. The van der Waals surface area contributed by atoms with Crippen LogP contribution in [0, 0.1) is 0 Å². The Hall–Kier alpha value is -3.22. The van der Waals surface area contributed by atoms with Gasteiger partial charge >= 0.3 is 0 Å². The maximum absolute atomic E-state index is 12.9. The summed E-state index contributed by atoms with van der Waals surface area (Å²) < 4.78 is 28.6. The molecule has 2 N–H and O–H groups in total. The highest BCUT2D eigenvalue weighted by molar-refractivity contribution is 7.89. The van der Waals surface area contributed by atoms with Gasteiger partial charge in [-0.2, -0.15) is 0 Å². The second-order valence-electron chi connectivity index (χ2n) is 7.19. The normalized spacial score (nSPS) is 12.7. The average Bonchev–Trinajstić information content (AvgIpc) is 3.19. The van der Waals surface area contributed by atoms with Crippen molar-refractivity contribution in [3.05, 3.63) is 102 Å². The predicted octanol–water partition coefficient (Wildman–Crippen LogP) is 4.48. The van der Waals surface area contributed by atoms with Gasteiger partial charge in [-0.05, 0) is 36.2 Å². The summed E-state index contributed by atoms with van der Waals surface area (Å²) in [4.78, 5) is 15.0. The highest BCUT2D eigenvalue weighted by atomic mass is 32.2. The number of sulfonamides is 1. The summed E-state index contributed by atoms with van der Waals surface area (Å²) in [6.07, 6.45) is 1.94. The number of aromatic amines is 1. The number of rotatable bonds is 7. The molecule has 1 heterocycles. The summed E-state index contributed by atoms with van der Waals surface area (Å²) in [5.41, 5.74) is 3.42. The molecule has 0 saturated carbocycles. The van der Waals surface area contributed by atoms with Crippen molar-refractivity contribution in [3.8, 4) is 0 Å². The van der Waals surface area contributed by atoms with Crippen molar-refractivity contribution in [1.29, 1.82) is 0 Å². The number of benzene rings is 3. The Kier molecular flexibility index (Phi) is 5.53. The first-order valence-corrected chi connectivity index (χ1v) is 11.2. The van der Waals surface area contributed by atoms with E-state index in [0.717, 1.165) is 22.0 Å². The second-order valence-corrected chi connectivity index (χ2v) is 8.96. The zero-order valence-electron chi connectivity index (χ0n) is 16.5. The molecule has 0 fully saturated rings. The van der Waals surface area contributed by atoms with E-state index >= 15 is 0 Å². The summed E-state index contributed by atoms with van der Waals surface area (Å²) >= 11 is 0. The van der Waals surface area contributed by atoms with Crippen LogP contribution < -0.4 is 4.72 Å². The minimum Gasteiger partial charge on any atom is -0.361 e. The highest BCUT2D eigenvalue weighted by Crippen LogP contribution is 2.30. The summed E-state index contributed by atoms with van der Waals surface area (Å²) in [5.74, 6) is -0.346. The molecule has 30 heavy (non-hydrogen) atoms. The van der Waals surface area contributed by atoms with Gasteiger partial charge in [-0.1, -0.05) is 60.7 Å². The van der Waals surface area contributed by atoms with Crippen molar-refractivity contribution in [2.45, 2.75) is 17.7 Å². The van der Waals surface area contributed by atoms with E-state index in [1.54, 1.807) is 12.1 Å². The fourth-order valence-corrected chi connectivity index (χ4v) is 4.73. The van der Waals surface area contributed by atoms with Crippen LogP contribution in [0.3, 0.4) is 0 Å². The molecule has 0 bridgehead atoms. The Morgan fingerprint density at radius 3 is 2.47 bits per heavy atom. The summed E-state index contributed by atoms with van der Waals surface area (Å²) in [7, 11) is -3.78. The van der Waals surface area contributed by atoms with Crippen molar-refractivity contribution in [2.24, 2.45) is 0 Å². The number of para-hydroxylation sites is 1. The molecule has 0 radical (unpaired) electrons. The number of H-pyrrole nitrogens is 1. The van der Waals surface area contributed by atoms with E-state index in [4.69, 9.17) is 0 Å². The Balaban J connectivity index is 1.68. The zero-order chi connectivity index (χ0) is 21.1. The standard InChI is InChI=1S/C24H22N2O3S/c1-17(27)19-10-7-11-20(14-19)30(28,29)26-16-22(18-8-3-2-4-9-18)23-15-25-24-13-6-5-12-21(23)24/h2-15,22,25-26H,16H2,1H3/t22-/m1/s1. The number of hydrogen-bond acceptors (Lipinski definition) is 3. The van der Waals surface area contributed by atoms with Crippen LogP contribution in [0.25, 0.3) is 10.9 Å². The third kappa shape index (κ3) is 4.06. The van der Waals surface area contributed by atoms with E-state index in [9.17, 15) is 13.2 Å². The van der Waals surface area contributed by atoms with Crippen LogP contribution in [-0.4, -0.2) is 25.7 Å². The molecule has 0 aliphatic carbocycles. The number of fused-ring (bicyclic) bond motifs is 1. The van der Waals surface area contributed by atoms with Gasteiger partial charge in [0.15, 0.2) is 5.78 Å². The van der Waals surface area contributed by atoms with Gasteiger partial charge in [0.1, 0.15) is 0 Å². The fourth-order valence-electron chi connectivity index (χ4n) is 3.63. The van der Waals surface area contributed by atoms with Gasteiger partial charge < -0.3 is 4.98 Å². The minimum atomic E-state index is -3.78. The molecule has 0 amide bonds. The first kappa shape index (κ1) is 20.1. The maximum atomic E-state index is 12.9. The van der Waals surface area contributed by atoms with Crippen LogP contribution in [0.1, 0.15) is 34.3 Å². The molecule has 152 valence electrons. The molecule has 0 aliphatic heterocycles. The van der Waals surface area contributed by atoms with Crippen LogP contribution >= 0.6 is 0 Å². The van der Waals surface area contributed by atoms with Crippen molar-refractivity contribution in [3.63, 3.8) is 0 Å². The number of ketones is 1. The van der Waals surface area contributed by atoms with Gasteiger partial charge in [-0.15, -0.1) is 0 Å². The molecule has 4 aromatic rings. The van der Waals surface area contributed by atoms with Gasteiger partial charge in [0.2, 0.25) is 10.0 Å². The average molecular weight is 419 g/mol. The zero-order valence-corrected chi connectivity index (χ0v) is 17.3. The van der Waals surface area contributed by atoms with Gasteiger partial charge in [0.25, 0.3) is 0 Å². The first-order chi connectivity index (χ1) is 14.5. The Bertz CT molecular complexity index is 1290. The predicted molar refractivity (Wildman–Crippen MR) is 118 cm³/mol. The Labute approximate surface area is 175 Å². The van der Waals surface area contributed by atoms with E-state index in [-0.39, 0.29) is 23.1 Å². The molecule has 1 aromatic heterocycles. The lowest BCUT2D eigenvalue weighted by Crippen LogP contribution is -2.29. The van der Waals surface area contributed by atoms with Crippen LogP contribution in [0.4, 0.5) is 0 Å². The number of carbonyl (C=O) groups is 1. The van der Waals surface area contributed by atoms with Gasteiger partial charge in [-0.25, -0.2) is 13.1 Å². The fraction of sp³-hybridized carbons (Fsp3) is 0.125. The Morgan fingerprint density at radius 1 is 0.967 bits per heavy atom. The van der Waals surface area contributed by atoms with Gasteiger partial charge in [0, 0.05) is 35.1 Å². The molecule has 3 aromatic carbocycles. The van der Waals surface area contributed by atoms with E-state index in [1.165, 1.54) is 19.1 Å². The minimum absolute atomic E-state index is 0.0842. The van der Waals surface area contributed by atoms with Crippen LogP contribution in [0.15, 0.2) is 90.0 Å². The van der Waals surface area contributed by atoms with Crippen LogP contribution in [0.5, 0.6) is 0 Å². The smallest absolute Gasteiger partial charge is 0.240 e. The highest BCUT2D eigenvalue weighted by Gasteiger charge is 2.22. The molecule has 0 saturated heterocycles. The van der Waals surface area contributed by atoms with Crippen molar-refractivity contribution >= 4 is 26.7 Å². The van der Waals surface area contributed by atoms with E-state index in [1.807, 2.05) is 60.8 Å². The number of hydrogen-bond donors (Lipinski definition) is 2. The molecule has 0 aliphatic rings. The van der Waals surface area contributed by atoms with Crippen molar-refractivity contribution in [1.82, 2.24) is 9.71 Å². The second kappa shape index (κ2) is 8.26. The van der Waals surface area contributed by atoms with Crippen LogP contribution in [-0.2, 0) is 10.0 Å². The summed E-state index contributed by atoms with van der Waals surface area (Å²) in [6.45, 7) is 1.61. The molecule has 6 heteroatoms. The third-order valence-electron chi connectivity index (χ3n) is 5.23. The van der Waals surface area contributed by atoms with Gasteiger partial charge in [0.05, 0.1) is 4.90 Å². The first-order valence-electron chi connectivity index (χ1n) is 9.67. The number of carbonyl (C=O) groups excluding carboxylic acids is 1. The number of Topliss-reactive ketones (excluding diaryl/α,β-unsaturated/α-hetero) is 1. The molecule has 5 nitrogen and oxygen atoms in total. The Morgan fingerprint density at radius 2 is 1.70 bits per heavy atom. The van der Waals surface area contributed by atoms with E-state index in [0.29, 0.717) is 5.56 Å². The molecule has 0 spiro atoms. The molecular formula is C24H22N2O3S. The monoisotopic (exact) mass is 418 g/mol.